The molecule has 1 aromatic carbocycles. The molecular formula is C23H25N7O. The van der Waals surface area contributed by atoms with E-state index in [0.717, 1.165) is 73.0 Å². The summed E-state index contributed by atoms with van der Waals surface area (Å²) in [6.45, 7) is 4.40. The lowest BCUT2D eigenvalue weighted by atomic mass is 9.84. The van der Waals surface area contributed by atoms with Gasteiger partial charge in [-0.1, -0.05) is 18.2 Å². The van der Waals surface area contributed by atoms with Crippen LogP contribution in [0.15, 0.2) is 42.7 Å². The monoisotopic (exact) mass is 415 g/mol. The third-order valence-electron chi connectivity index (χ3n) is 6.55. The van der Waals surface area contributed by atoms with Gasteiger partial charge in [0.15, 0.2) is 5.65 Å². The molecule has 2 aliphatic heterocycles. The van der Waals surface area contributed by atoms with Gasteiger partial charge in [0.25, 0.3) is 0 Å². The molecule has 31 heavy (non-hydrogen) atoms. The van der Waals surface area contributed by atoms with Crippen LogP contribution in [0.2, 0.25) is 0 Å². The first-order chi connectivity index (χ1) is 15.1. The summed E-state index contributed by atoms with van der Waals surface area (Å²) in [6, 6.07) is 10.3. The molecule has 8 nitrogen and oxygen atoms in total. The second-order valence-electron chi connectivity index (χ2n) is 8.46. The summed E-state index contributed by atoms with van der Waals surface area (Å²) in [7, 11) is 1.92. The summed E-state index contributed by atoms with van der Waals surface area (Å²) < 4.78 is 10.2. The zero-order valence-electron chi connectivity index (χ0n) is 17.8. The molecule has 4 aromatic rings. The number of ether oxygens (including phenoxy) is 1. The third-order valence-corrected chi connectivity index (χ3v) is 6.55. The normalized spacial score (nSPS) is 17.9. The molecule has 6 rings (SSSR count). The molecule has 8 heteroatoms. The smallest absolute Gasteiger partial charge is 0.163 e. The summed E-state index contributed by atoms with van der Waals surface area (Å²) in [6.07, 6.45) is 6.72. The highest BCUT2D eigenvalue weighted by molar-refractivity contribution is 5.87. The molecule has 158 valence electrons. The van der Waals surface area contributed by atoms with Crippen LogP contribution in [0.3, 0.4) is 0 Å². The fourth-order valence-corrected chi connectivity index (χ4v) is 4.93. The van der Waals surface area contributed by atoms with Gasteiger partial charge < -0.3 is 9.64 Å². The fraction of sp³-hybridized carbons (Fsp3) is 0.391. The van der Waals surface area contributed by atoms with Gasteiger partial charge in [0, 0.05) is 26.3 Å². The van der Waals surface area contributed by atoms with Gasteiger partial charge in [-0.05, 0) is 43.9 Å². The standard InChI is InChI=1S/C23H25N7O/c1-16-25-21-19(14-24-28(21)2)22(26-16)29-11-9-23(10-12-29)20-17(8-13-31-23)15-30(27-20)18-6-4-3-5-7-18/h3-7,14-15H,8-13H2,1-2H3. The van der Waals surface area contributed by atoms with Crippen LogP contribution in [-0.2, 0) is 23.8 Å². The zero-order chi connectivity index (χ0) is 21.0. The number of fused-ring (bicyclic) bond motifs is 3. The number of rotatable bonds is 2. The Labute approximate surface area is 180 Å². The van der Waals surface area contributed by atoms with E-state index in [1.165, 1.54) is 5.56 Å². The number of aryl methyl sites for hydroxylation is 2. The van der Waals surface area contributed by atoms with Gasteiger partial charge in [-0.25, -0.2) is 14.6 Å². The maximum atomic E-state index is 6.43. The van der Waals surface area contributed by atoms with Gasteiger partial charge in [0.1, 0.15) is 17.2 Å². The molecular weight excluding hydrogens is 390 g/mol. The third kappa shape index (κ3) is 2.93. The van der Waals surface area contributed by atoms with Gasteiger partial charge >= 0.3 is 0 Å². The van der Waals surface area contributed by atoms with Gasteiger partial charge in [-0.3, -0.25) is 4.68 Å². The van der Waals surface area contributed by atoms with Gasteiger partial charge in [0.2, 0.25) is 0 Å². The molecule has 0 N–H and O–H groups in total. The van der Waals surface area contributed by atoms with E-state index >= 15 is 0 Å². The molecule has 0 unspecified atom stereocenters. The zero-order valence-corrected chi connectivity index (χ0v) is 17.8. The predicted octanol–water partition coefficient (Wildman–Crippen LogP) is 2.93. The molecule has 1 saturated heterocycles. The first kappa shape index (κ1) is 18.5. The van der Waals surface area contributed by atoms with Crippen molar-refractivity contribution in [2.75, 3.05) is 24.6 Å². The van der Waals surface area contributed by atoms with E-state index in [2.05, 4.69) is 33.3 Å². The quantitative estimate of drug-likeness (QED) is 0.501. The molecule has 0 saturated carbocycles. The largest absolute Gasteiger partial charge is 0.368 e. The highest BCUT2D eigenvalue weighted by atomic mass is 16.5. The number of benzene rings is 1. The minimum absolute atomic E-state index is 0.319. The van der Waals surface area contributed by atoms with Crippen LogP contribution in [0, 0.1) is 6.92 Å². The second-order valence-corrected chi connectivity index (χ2v) is 8.46. The molecule has 1 spiro atoms. The Hall–Kier alpha value is -3.26. The van der Waals surface area contributed by atoms with Gasteiger partial charge in [-0.15, -0.1) is 0 Å². The number of hydrogen-bond donors (Lipinski definition) is 0. The Balaban J connectivity index is 1.31. The predicted molar refractivity (Wildman–Crippen MR) is 117 cm³/mol. The van der Waals surface area contributed by atoms with Crippen molar-refractivity contribution in [3.63, 3.8) is 0 Å². The van der Waals surface area contributed by atoms with E-state index in [4.69, 9.17) is 14.8 Å². The molecule has 3 aromatic heterocycles. The Morgan fingerprint density at radius 3 is 2.68 bits per heavy atom. The van der Waals surface area contributed by atoms with Gasteiger partial charge in [0.05, 0.1) is 29.6 Å². The van der Waals surface area contributed by atoms with E-state index in [-0.39, 0.29) is 5.60 Å². The molecule has 0 aliphatic carbocycles. The van der Waals surface area contributed by atoms with E-state index in [1.807, 2.05) is 47.7 Å². The Morgan fingerprint density at radius 1 is 1.06 bits per heavy atom. The number of nitrogens with zero attached hydrogens (tertiary/aromatic N) is 7. The summed E-state index contributed by atoms with van der Waals surface area (Å²) >= 11 is 0. The summed E-state index contributed by atoms with van der Waals surface area (Å²) in [5.74, 6) is 1.74. The van der Waals surface area contributed by atoms with Crippen molar-refractivity contribution in [3.05, 3.63) is 59.8 Å². The fourth-order valence-electron chi connectivity index (χ4n) is 4.93. The molecule has 0 bridgehead atoms. The van der Waals surface area contributed by atoms with Crippen LogP contribution in [0.5, 0.6) is 0 Å². The summed E-state index contributed by atoms with van der Waals surface area (Å²) in [5.41, 5.74) is 4.05. The molecule has 5 heterocycles. The van der Waals surface area contributed by atoms with Crippen molar-refractivity contribution in [3.8, 4) is 5.69 Å². The molecule has 0 atom stereocenters. The first-order valence-electron chi connectivity index (χ1n) is 10.8. The van der Waals surface area contributed by atoms with E-state index < -0.39 is 0 Å². The van der Waals surface area contributed by atoms with Crippen molar-refractivity contribution < 1.29 is 4.74 Å². The minimum Gasteiger partial charge on any atom is -0.368 e. The highest BCUT2D eigenvalue weighted by Crippen LogP contribution is 2.42. The lowest BCUT2D eigenvalue weighted by molar-refractivity contribution is -0.0797. The molecule has 2 aliphatic rings. The molecule has 1 fully saturated rings. The second kappa shape index (κ2) is 6.88. The van der Waals surface area contributed by atoms with Crippen LogP contribution < -0.4 is 4.90 Å². The number of para-hydroxylation sites is 1. The first-order valence-corrected chi connectivity index (χ1v) is 10.8. The van der Waals surface area contributed by atoms with Crippen LogP contribution >= 0.6 is 0 Å². The summed E-state index contributed by atoms with van der Waals surface area (Å²) in [4.78, 5) is 11.7. The highest BCUT2D eigenvalue weighted by Gasteiger charge is 2.43. The van der Waals surface area contributed by atoms with E-state index in [0.29, 0.717) is 0 Å². The van der Waals surface area contributed by atoms with Crippen LogP contribution in [0.25, 0.3) is 16.7 Å². The van der Waals surface area contributed by atoms with Crippen LogP contribution in [-0.4, -0.2) is 49.2 Å². The Morgan fingerprint density at radius 2 is 1.87 bits per heavy atom. The van der Waals surface area contributed by atoms with Crippen molar-refractivity contribution in [1.29, 1.82) is 0 Å². The van der Waals surface area contributed by atoms with E-state index in [9.17, 15) is 0 Å². The lowest BCUT2D eigenvalue weighted by Crippen LogP contribution is -2.47. The maximum absolute atomic E-state index is 6.43. The average Bonchev–Trinajstić information content (AvgIpc) is 3.40. The van der Waals surface area contributed by atoms with Crippen molar-refractivity contribution in [2.24, 2.45) is 7.05 Å². The van der Waals surface area contributed by atoms with Gasteiger partial charge in [-0.2, -0.15) is 10.2 Å². The van der Waals surface area contributed by atoms with Crippen LogP contribution in [0.1, 0.15) is 29.9 Å². The maximum Gasteiger partial charge on any atom is 0.163 e. The molecule has 0 amide bonds. The number of anilines is 1. The number of piperidine rings is 1. The Kier molecular flexibility index (Phi) is 4.11. The minimum atomic E-state index is -0.319. The topological polar surface area (TPSA) is 73.9 Å². The lowest BCUT2D eigenvalue weighted by Gasteiger charge is -2.43. The molecule has 0 radical (unpaired) electrons. The van der Waals surface area contributed by atoms with Crippen LogP contribution in [0.4, 0.5) is 5.82 Å². The SMILES string of the molecule is Cc1nc(N2CCC3(CC2)OCCc2cn(-c4ccccc4)nc23)c2cnn(C)c2n1. The number of hydrogen-bond acceptors (Lipinski definition) is 6. The summed E-state index contributed by atoms with van der Waals surface area (Å²) in [5, 5.41) is 10.4. The van der Waals surface area contributed by atoms with Crippen molar-refractivity contribution >= 4 is 16.9 Å². The van der Waals surface area contributed by atoms with Crippen molar-refractivity contribution in [2.45, 2.75) is 31.8 Å². The average molecular weight is 416 g/mol. The van der Waals surface area contributed by atoms with E-state index in [1.54, 1.807) is 0 Å². The number of aromatic nitrogens is 6. The van der Waals surface area contributed by atoms with Crippen molar-refractivity contribution in [1.82, 2.24) is 29.5 Å². The Bertz CT molecular complexity index is 1250.